The van der Waals surface area contributed by atoms with Crippen LogP contribution in [0.5, 0.6) is 11.5 Å². The molecule has 2 fully saturated rings. The van der Waals surface area contributed by atoms with E-state index in [0.29, 0.717) is 82.8 Å². The van der Waals surface area contributed by atoms with Crippen molar-refractivity contribution >= 4 is 67.2 Å². The van der Waals surface area contributed by atoms with Gasteiger partial charge in [-0.3, -0.25) is 29.0 Å². The topological polar surface area (TPSA) is 157 Å². The molecule has 14 heteroatoms. The summed E-state index contributed by atoms with van der Waals surface area (Å²) < 4.78 is 11.1. The van der Waals surface area contributed by atoms with Gasteiger partial charge in [0.05, 0.1) is 47.8 Å². The number of nitrogens with one attached hydrogen (secondary N) is 2. The summed E-state index contributed by atoms with van der Waals surface area (Å²) in [5.74, 6) is 1.20. The number of fused-ring (bicyclic) bond motifs is 10. The van der Waals surface area contributed by atoms with E-state index < -0.39 is 0 Å². The fourth-order valence-corrected chi connectivity index (χ4v) is 11.4. The smallest absolute Gasteiger partial charge is 0.280 e. The van der Waals surface area contributed by atoms with Crippen molar-refractivity contribution in [2.24, 2.45) is 11.8 Å². The molecule has 4 aliphatic heterocycles. The quantitative estimate of drug-likeness (QED) is 0.121. The molecule has 0 aliphatic carbocycles. The molecule has 0 atom stereocenters. The lowest BCUT2D eigenvalue weighted by molar-refractivity contribution is 0.0567. The number of ether oxygens (including phenoxy) is 2. The van der Waals surface area contributed by atoms with E-state index in [2.05, 4.69) is 19.8 Å². The first-order chi connectivity index (χ1) is 33.3. The highest BCUT2D eigenvalue weighted by molar-refractivity contribution is 6.31. The van der Waals surface area contributed by atoms with Gasteiger partial charge in [-0.25, -0.2) is 9.97 Å². The molecule has 342 valence electrons. The SMILES string of the molecule is COc1ccc2[nH]c3c(-c4ccccc4)nc4c(c3c2c1)C(=O)N(CCN1CCC(C2CCN(CCN3C(=O)c5nc(-c6ccccc6)c6[nH]c7ccc(OC)cc7c6c5C3=O)CC2)CC1)C4=O. The van der Waals surface area contributed by atoms with Crippen LogP contribution in [0.4, 0.5) is 0 Å². The number of pyridine rings is 2. The third-order valence-electron chi connectivity index (χ3n) is 15.0. The number of hydrogen-bond donors (Lipinski definition) is 2. The largest absolute Gasteiger partial charge is 0.497 e. The van der Waals surface area contributed by atoms with Gasteiger partial charge in [0.2, 0.25) is 0 Å². The second-order valence-electron chi connectivity index (χ2n) is 18.6. The Morgan fingerprint density at radius 3 is 1.28 bits per heavy atom. The standard InChI is InChI=1S/C54H50N8O6/c1-67-35-13-15-39-37(29-35)41-43-49(57-45(47(41)55-39)33-9-5-3-6-10-33)53(65)61(51(43)63)27-25-59-21-17-31(18-22-59)32-19-23-60(24-20-32)26-28-62-52(64)44-42-38-30-36(68-2)14-16-40(38)56-48(42)46(58-50(44)54(62)66)34-11-7-4-8-12-34/h3-16,29-32,55-56H,17-28H2,1-2H3. The van der Waals surface area contributed by atoms with Gasteiger partial charge < -0.3 is 29.2 Å². The molecule has 4 aliphatic rings. The molecule has 4 amide bonds. The Morgan fingerprint density at radius 2 is 0.897 bits per heavy atom. The monoisotopic (exact) mass is 906 g/mol. The number of carbonyl (C=O) groups is 4. The maximum absolute atomic E-state index is 14.2. The molecule has 12 rings (SSSR count). The van der Waals surface area contributed by atoms with Crippen molar-refractivity contribution in [2.45, 2.75) is 25.7 Å². The molecule has 0 saturated carbocycles. The fourth-order valence-electron chi connectivity index (χ4n) is 11.4. The Hall–Kier alpha value is -7.42. The number of carbonyl (C=O) groups excluding carboxylic acids is 4. The van der Waals surface area contributed by atoms with Gasteiger partial charge in [-0.2, -0.15) is 0 Å². The maximum atomic E-state index is 14.2. The van der Waals surface area contributed by atoms with Gasteiger partial charge in [-0.15, -0.1) is 0 Å². The van der Waals surface area contributed by atoms with Crippen LogP contribution in [0, 0.1) is 11.8 Å². The number of methoxy groups -OCH3 is 2. The zero-order valence-corrected chi connectivity index (χ0v) is 38.0. The number of aromatic amines is 2. The summed E-state index contributed by atoms with van der Waals surface area (Å²) >= 11 is 0. The second kappa shape index (κ2) is 16.7. The number of H-pyrrole nitrogens is 2. The number of aromatic nitrogens is 4. The number of rotatable bonds is 11. The van der Waals surface area contributed by atoms with Crippen LogP contribution in [0.1, 0.15) is 67.4 Å². The summed E-state index contributed by atoms with van der Waals surface area (Å²) in [5, 5.41) is 3.03. The highest BCUT2D eigenvalue weighted by atomic mass is 16.5. The van der Waals surface area contributed by atoms with Crippen molar-refractivity contribution in [3.63, 3.8) is 0 Å². The van der Waals surface area contributed by atoms with Crippen LogP contribution >= 0.6 is 0 Å². The Morgan fingerprint density at radius 1 is 0.500 bits per heavy atom. The van der Waals surface area contributed by atoms with E-state index in [0.717, 1.165) is 95.8 Å². The summed E-state index contributed by atoms with van der Waals surface area (Å²) in [6.07, 6.45) is 4.25. The lowest BCUT2D eigenvalue weighted by atomic mass is 9.79. The molecular formula is C54H50N8O6. The van der Waals surface area contributed by atoms with Crippen LogP contribution in [0.3, 0.4) is 0 Å². The zero-order valence-electron chi connectivity index (χ0n) is 38.0. The minimum Gasteiger partial charge on any atom is -0.497 e. The first kappa shape index (κ1) is 42.0. The predicted molar refractivity (Wildman–Crippen MR) is 260 cm³/mol. The molecule has 14 nitrogen and oxygen atoms in total. The lowest BCUT2D eigenvalue weighted by Crippen LogP contribution is -2.45. The Labute approximate surface area is 391 Å². The van der Waals surface area contributed by atoms with E-state index in [1.54, 1.807) is 14.2 Å². The summed E-state index contributed by atoms with van der Waals surface area (Å²) in [4.78, 5) is 80.9. The molecule has 0 unspecified atom stereocenters. The van der Waals surface area contributed by atoms with E-state index in [1.807, 2.05) is 97.1 Å². The van der Waals surface area contributed by atoms with Crippen LogP contribution in [-0.2, 0) is 0 Å². The number of nitrogens with zero attached hydrogens (tertiary/aromatic N) is 6. The van der Waals surface area contributed by atoms with Crippen LogP contribution in [0.15, 0.2) is 97.1 Å². The minimum absolute atomic E-state index is 0.196. The number of likely N-dealkylation sites (tertiary alicyclic amines) is 2. The third kappa shape index (κ3) is 6.83. The predicted octanol–water partition coefficient (Wildman–Crippen LogP) is 8.41. The number of piperidine rings is 2. The number of imide groups is 2. The minimum atomic E-state index is -0.354. The Balaban J connectivity index is 0.678. The third-order valence-corrected chi connectivity index (χ3v) is 15.0. The van der Waals surface area contributed by atoms with E-state index in [4.69, 9.17) is 19.4 Å². The van der Waals surface area contributed by atoms with Gasteiger partial charge in [0.1, 0.15) is 22.9 Å². The molecule has 4 aromatic heterocycles. The first-order valence-electron chi connectivity index (χ1n) is 23.6. The summed E-state index contributed by atoms with van der Waals surface area (Å²) in [7, 11) is 3.23. The Kier molecular flexibility index (Phi) is 10.3. The normalized spacial score (nSPS) is 17.4. The van der Waals surface area contributed by atoms with Gasteiger partial charge in [0.15, 0.2) is 0 Å². The van der Waals surface area contributed by atoms with Crippen molar-refractivity contribution in [3.05, 3.63) is 120 Å². The molecule has 4 aromatic carbocycles. The van der Waals surface area contributed by atoms with Crippen molar-refractivity contribution in [1.29, 1.82) is 0 Å². The Bertz CT molecular complexity index is 3130. The summed E-state index contributed by atoms with van der Waals surface area (Å²) in [5.41, 5.74) is 7.21. The fraction of sp³-hybridized carbons (Fsp3) is 0.296. The summed E-state index contributed by atoms with van der Waals surface area (Å²) in [6.45, 7) is 5.44. The average molecular weight is 907 g/mol. The molecule has 8 heterocycles. The van der Waals surface area contributed by atoms with Gasteiger partial charge in [-0.1, -0.05) is 60.7 Å². The maximum Gasteiger partial charge on any atom is 0.280 e. The number of hydrogen-bond acceptors (Lipinski definition) is 10. The van der Waals surface area contributed by atoms with E-state index >= 15 is 0 Å². The van der Waals surface area contributed by atoms with Gasteiger partial charge in [-0.05, 0) is 100 Å². The molecule has 0 radical (unpaired) electrons. The van der Waals surface area contributed by atoms with Crippen LogP contribution in [0.2, 0.25) is 0 Å². The number of amides is 4. The molecule has 2 saturated heterocycles. The molecule has 2 N–H and O–H groups in total. The molecular weight excluding hydrogens is 857 g/mol. The van der Waals surface area contributed by atoms with Crippen molar-refractivity contribution in [2.75, 3.05) is 66.6 Å². The van der Waals surface area contributed by atoms with Crippen molar-refractivity contribution in [1.82, 2.24) is 39.5 Å². The molecule has 0 spiro atoms. The highest BCUT2D eigenvalue weighted by Crippen LogP contribution is 2.42. The lowest BCUT2D eigenvalue weighted by Gasteiger charge is -2.40. The molecule has 0 bridgehead atoms. The van der Waals surface area contributed by atoms with Crippen LogP contribution < -0.4 is 9.47 Å². The first-order valence-corrected chi connectivity index (χ1v) is 23.6. The highest BCUT2D eigenvalue weighted by Gasteiger charge is 2.42. The van der Waals surface area contributed by atoms with Gasteiger partial charge in [0, 0.05) is 69.9 Å². The van der Waals surface area contributed by atoms with Crippen molar-refractivity contribution < 1.29 is 28.7 Å². The van der Waals surface area contributed by atoms with Crippen molar-refractivity contribution in [3.8, 4) is 34.0 Å². The van der Waals surface area contributed by atoms with Crippen LogP contribution in [0.25, 0.3) is 66.1 Å². The summed E-state index contributed by atoms with van der Waals surface area (Å²) in [6, 6.07) is 30.9. The molecule has 68 heavy (non-hydrogen) atoms. The van der Waals surface area contributed by atoms with E-state index in [1.165, 1.54) is 9.80 Å². The van der Waals surface area contributed by atoms with E-state index in [-0.39, 0.29) is 35.0 Å². The van der Waals surface area contributed by atoms with Gasteiger partial charge >= 0.3 is 0 Å². The molecule has 8 aromatic rings. The van der Waals surface area contributed by atoms with Gasteiger partial charge in [0.25, 0.3) is 23.6 Å². The number of benzene rings is 4. The van der Waals surface area contributed by atoms with E-state index in [9.17, 15) is 19.2 Å². The zero-order chi connectivity index (χ0) is 46.2. The van der Waals surface area contributed by atoms with Crippen LogP contribution in [-0.4, -0.2) is 130 Å². The average Bonchev–Trinajstić information content (AvgIpc) is 4.09. The second-order valence-corrected chi connectivity index (χ2v) is 18.6.